The summed E-state index contributed by atoms with van der Waals surface area (Å²) in [5.74, 6) is 1.17. The minimum atomic E-state index is -0.123. The number of amides is 1. The molecule has 1 aromatic heterocycles. The van der Waals surface area contributed by atoms with Crippen LogP contribution in [0.25, 0.3) is 0 Å². The van der Waals surface area contributed by atoms with Crippen LogP contribution in [-0.2, 0) is 9.53 Å². The number of carbonyl (C=O) groups is 1. The van der Waals surface area contributed by atoms with Crippen LogP contribution in [0.3, 0.4) is 0 Å². The number of hydrogen-bond donors (Lipinski definition) is 0. The van der Waals surface area contributed by atoms with E-state index >= 15 is 0 Å². The molecule has 3 rings (SSSR count). The second kappa shape index (κ2) is 8.40. The van der Waals surface area contributed by atoms with E-state index in [1.54, 1.807) is 11.8 Å². The number of morpholine rings is 1. The van der Waals surface area contributed by atoms with Gasteiger partial charge in [0.05, 0.1) is 13.2 Å². The van der Waals surface area contributed by atoms with Crippen LogP contribution in [0.15, 0.2) is 54.9 Å². The van der Waals surface area contributed by atoms with E-state index in [1.165, 1.54) is 0 Å². The van der Waals surface area contributed by atoms with Gasteiger partial charge in [-0.05, 0) is 36.1 Å². The van der Waals surface area contributed by atoms with Gasteiger partial charge in [0, 0.05) is 18.9 Å². The van der Waals surface area contributed by atoms with E-state index in [-0.39, 0.29) is 18.1 Å². The molecule has 24 heavy (non-hydrogen) atoms. The molecule has 0 N–H and O–H groups in total. The van der Waals surface area contributed by atoms with Crippen LogP contribution in [0.4, 0.5) is 0 Å². The molecule has 1 amide bonds. The Balaban J connectivity index is 1.72. The van der Waals surface area contributed by atoms with Crippen molar-refractivity contribution in [3.8, 4) is 0 Å². The number of thioether (sulfide) groups is 1. The smallest absolute Gasteiger partial charge is 0.245 e. The lowest BCUT2D eigenvalue weighted by molar-refractivity contribution is -0.142. The lowest BCUT2D eigenvalue weighted by Crippen LogP contribution is -2.45. The van der Waals surface area contributed by atoms with Crippen LogP contribution >= 0.6 is 11.8 Å². The normalized spacial score (nSPS) is 19.2. The van der Waals surface area contributed by atoms with Gasteiger partial charge in [0.2, 0.25) is 5.91 Å². The molecule has 0 bridgehead atoms. The fraction of sp³-hybridized carbons (Fsp3) is 0.421. The molecule has 1 fully saturated rings. The van der Waals surface area contributed by atoms with Crippen molar-refractivity contribution in [3.63, 3.8) is 0 Å². The topological polar surface area (TPSA) is 34.5 Å². The largest absolute Gasteiger partial charge is 0.370 e. The second-order valence-corrected chi connectivity index (χ2v) is 6.97. The Morgan fingerprint density at radius 1 is 1.25 bits per heavy atom. The molecule has 0 radical (unpaired) electrons. The summed E-state index contributed by atoms with van der Waals surface area (Å²) in [5.41, 5.74) is 1.14. The highest BCUT2D eigenvalue weighted by Gasteiger charge is 2.30. The molecule has 4 nitrogen and oxygen atoms in total. The third-order valence-corrected chi connectivity index (χ3v) is 5.06. The lowest BCUT2D eigenvalue weighted by Gasteiger charge is -2.35. The van der Waals surface area contributed by atoms with Gasteiger partial charge >= 0.3 is 0 Å². The van der Waals surface area contributed by atoms with Gasteiger partial charge in [0.25, 0.3) is 0 Å². The molecule has 2 heterocycles. The number of benzene rings is 1. The van der Waals surface area contributed by atoms with E-state index in [2.05, 4.69) is 18.4 Å². The summed E-state index contributed by atoms with van der Waals surface area (Å²) in [6.07, 6.45) is 6.87. The first-order valence-corrected chi connectivity index (χ1v) is 9.75. The minimum absolute atomic E-state index is 0.0326. The van der Waals surface area contributed by atoms with E-state index in [1.807, 2.05) is 52.2 Å². The molecule has 2 aromatic rings. The minimum Gasteiger partial charge on any atom is -0.370 e. The Labute approximate surface area is 147 Å². The molecule has 1 aliphatic rings. The van der Waals surface area contributed by atoms with Gasteiger partial charge in [-0.25, -0.2) is 0 Å². The zero-order chi connectivity index (χ0) is 16.8. The highest BCUT2D eigenvalue weighted by molar-refractivity contribution is 7.98. The molecule has 1 aromatic carbocycles. The second-order valence-electron chi connectivity index (χ2n) is 5.98. The summed E-state index contributed by atoms with van der Waals surface area (Å²) in [4.78, 5) is 15.1. The Bertz CT molecular complexity index is 630. The standard InChI is InChI=1S/C19H24N2O2S/c1-24-14-9-17(20-10-5-6-11-20)19(22)21-12-13-23-18(15-21)16-7-3-2-4-8-16/h2-8,10-11,17-18H,9,12-15H2,1H3/t17-,18-/m1/s1. The van der Waals surface area contributed by atoms with Gasteiger partial charge in [0.1, 0.15) is 12.1 Å². The van der Waals surface area contributed by atoms with Crippen molar-refractivity contribution in [1.29, 1.82) is 0 Å². The van der Waals surface area contributed by atoms with Gasteiger partial charge in [0.15, 0.2) is 0 Å². The molecule has 0 aliphatic carbocycles. The van der Waals surface area contributed by atoms with Crippen molar-refractivity contribution in [2.45, 2.75) is 18.6 Å². The number of rotatable bonds is 6. The Hall–Kier alpha value is -1.72. The number of hydrogen-bond acceptors (Lipinski definition) is 3. The maximum Gasteiger partial charge on any atom is 0.245 e. The number of ether oxygens (including phenoxy) is 1. The number of carbonyl (C=O) groups excluding carboxylic acids is 1. The zero-order valence-electron chi connectivity index (χ0n) is 14.0. The van der Waals surface area contributed by atoms with Gasteiger partial charge in [-0.3, -0.25) is 4.79 Å². The van der Waals surface area contributed by atoms with Crippen molar-refractivity contribution in [3.05, 3.63) is 60.4 Å². The molecule has 0 spiro atoms. The Morgan fingerprint density at radius 2 is 2.00 bits per heavy atom. The maximum absolute atomic E-state index is 13.1. The number of aromatic nitrogens is 1. The number of nitrogens with zero attached hydrogens (tertiary/aromatic N) is 2. The molecule has 2 atom stereocenters. The van der Waals surface area contributed by atoms with E-state index in [4.69, 9.17) is 4.74 Å². The predicted molar refractivity (Wildman–Crippen MR) is 98.2 cm³/mol. The molecule has 1 saturated heterocycles. The zero-order valence-corrected chi connectivity index (χ0v) is 14.8. The highest BCUT2D eigenvalue weighted by atomic mass is 32.2. The quantitative estimate of drug-likeness (QED) is 0.806. The highest BCUT2D eigenvalue weighted by Crippen LogP contribution is 2.25. The van der Waals surface area contributed by atoms with Crippen LogP contribution in [0.2, 0.25) is 0 Å². The summed E-state index contributed by atoms with van der Waals surface area (Å²) in [6.45, 7) is 1.88. The van der Waals surface area contributed by atoms with Gasteiger partial charge in [-0.1, -0.05) is 30.3 Å². The first-order chi connectivity index (χ1) is 11.8. The van der Waals surface area contributed by atoms with Crippen LogP contribution in [0.5, 0.6) is 0 Å². The van der Waals surface area contributed by atoms with Crippen molar-refractivity contribution < 1.29 is 9.53 Å². The van der Waals surface area contributed by atoms with Crippen molar-refractivity contribution in [1.82, 2.24) is 9.47 Å². The summed E-state index contributed by atoms with van der Waals surface area (Å²) < 4.78 is 7.92. The first-order valence-electron chi connectivity index (χ1n) is 8.36. The SMILES string of the molecule is CSCC[C@H](C(=O)N1CCO[C@@H](c2ccccc2)C1)n1cccc1. The average Bonchev–Trinajstić information content (AvgIpc) is 3.17. The third kappa shape index (κ3) is 4.02. The third-order valence-electron chi connectivity index (χ3n) is 4.42. The predicted octanol–water partition coefficient (Wildman–Crippen LogP) is 3.38. The van der Waals surface area contributed by atoms with Gasteiger partial charge in [-0.15, -0.1) is 0 Å². The average molecular weight is 344 g/mol. The summed E-state index contributed by atoms with van der Waals surface area (Å²) in [5, 5.41) is 0. The summed E-state index contributed by atoms with van der Waals surface area (Å²) in [6, 6.07) is 14.0. The van der Waals surface area contributed by atoms with Gasteiger partial charge < -0.3 is 14.2 Å². The van der Waals surface area contributed by atoms with E-state index < -0.39 is 0 Å². The van der Waals surface area contributed by atoms with Gasteiger partial charge in [-0.2, -0.15) is 11.8 Å². The van der Waals surface area contributed by atoms with Crippen molar-refractivity contribution in [2.75, 3.05) is 31.7 Å². The Morgan fingerprint density at radius 3 is 2.71 bits per heavy atom. The fourth-order valence-corrected chi connectivity index (χ4v) is 3.57. The molecule has 5 heteroatoms. The molecule has 1 aliphatic heterocycles. The van der Waals surface area contributed by atoms with E-state index in [0.29, 0.717) is 19.7 Å². The lowest BCUT2D eigenvalue weighted by atomic mass is 10.1. The molecule has 128 valence electrons. The summed E-state index contributed by atoms with van der Waals surface area (Å²) in [7, 11) is 0. The maximum atomic E-state index is 13.1. The first kappa shape index (κ1) is 17.1. The van der Waals surface area contributed by atoms with Crippen LogP contribution < -0.4 is 0 Å². The van der Waals surface area contributed by atoms with Crippen LogP contribution in [-0.4, -0.2) is 47.1 Å². The fourth-order valence-electron chi connectivity index (χ4n) is 3.11. The molecular weight excluding hydrogens is 320 g/mol. The summed E-state index contributed by atoms with van der Waals surface area (Å²) >= 11 is 1.78. The van der Waals surface area contributed by atoms with Crippen LogP contribution in [0, 0.1) is 0 Å². The monoisotopic (exact) mass is 344 g/mol. The van der Waals surface area contributed by atoms with E-state index in [0.717, 1.165) is 17.7 Å². The molecular formula is C19H24N2O2S. The molecule has 0 saturated carbocycles. The molecule has 0 unspecified atom stereocenters. The van der Waals surface area contributed by atoms with Crippen molar-refractivity contribution in [2.24, 2.45) is 0 Å². The van der Waals surface area contributed by atoms with Crippen LogP contribution in [0.1, 0.15) is 24.1 Å². The Kier molecular flexibility index (Phi) is 5.99. The van der Waals surface area contributed by atoms with E-state index in [9.17, 15) is 4.79 Å². The van der Waals surface area contributed by atoms with Crippen molar-refractivity contribution >= 4 is 17.7 Å².